The first-order valence-electron chi connectivity index (χ1n) is 8.99. The van der Waals surface area contributed by atoms with Gasteiger partial charge in [0.25, 0.3) is 5.56 Å². The van der Waals surface area contributed by atoms with E-state index in [4.69, 9.17) is 0 Å². The van der Waals surface area contributed by atoms with Crippen LogP contribution in [0.25, 0.3) is 0 Å². The molecule has 1 saturated carbocycles. The molecule has 0 spiro atoms. The molecule has 1 aliphatic heterocycles. The first-order chi connectivity index (χ1) is 12.2. The van der Waals surface area contributed by atoms with Gasteiger partial charge in [0.05, 0.1) is 0 Å². The zero-order valence-corrected chi connectivity index (χ0v) is 14.6. The first kappa shape index (κ1) is 16.2. The monoisotopic (exact) mass is 340 g/mol. The normalized spacial score (nSPS) is 19.1. The van der Waals surface area contributed by atoms with E-state index in [-0.39, 0.29) is 5.56 Å². The maximum Gasteiger partial charge on any atom is 0.273 e. The fraction of sp³-hybridized carbons (Fsp3) is 0.556. The predicted octanol–water partition coefficient (Wildman–Crippen LogP) is 1.20. The van der Waals surface area contributed by atoms with Gasteiger partial charge in [-0.05, 0) is 31.7 Å². The largest absolute Gasteiger partial charge is 0.350 e. The maximum absolute atomic E-state index is 12.1. The van der Waals surface area contributed by atoms with E-state index in [2.05, 4.69) is 24.8 Å². The van der Waals surface area contributed by atoms with Crippen molar-refractivity contribution in [1.82, 2.24) is 24.4 Å². The molecule has 0 bridgehead atoms. The fourth-order valence-corrected chi connectivity index (χ4v) is 3.69. The van der Waals surface area contributed by atoms with Crippen LogP contribution in [0.5, 0.6) is 0 Å². The van der Waals surface area contributed by atoms with Crippen LogP contribution in [0.3, 0.4) is 0 Å². The van der Waals surface area contributed by atoms with Gasteiger partial charge >= 0.3 is 0 Å². The topological polar surface area (TPSA) is 67.2 Å². The van der Waals surface area contributed by atoms with Crippen molar-refractivity contribution in [2.45, 2.75) is 44.3 Å². The van der Waals surface area contributed by atoms with Crippen molar-refractivity contribution in [2.75, 3.05) is 18.0 Å². The van der Waals surface area contributed by atoms with Crippen molar-refractivity contribution in [3.8, 4) is 0 Å². The number of piperidine rings is 1. The zero-order chi connectivity index (χ0) is 17.2. The highest BCUT2D eigenvalue weighted by Gasteiger charge is 2.36. The number of hydrogen-bond donors (Lipinski definition) is 0. The quantitative estimate of drug-likeness (QED) is 0.815. The van der Waals surface area contributed by atoms with Crippen LogP contribution in [0.4, 0.5) is 5.82 Å². The molecular weight excluding hydrogens is 316 g/mol. The van der Waals surface area contributed by atoms with E-state index < -0.39 is 0 Å². The van der Waals surface area contributed by atoms with Crippen molar-refractivity contribution in [1.29, 1.82) is 0 Å². The third-order valence-corrected chi connectivity index (χ3v) is 5.18. The van der Waals surface area contributed by atoms with Crippen molar-refractivity contribution >= 4 is 5.82 Å². The Balaban J connectivity index is 1.41. The SMILES string of the molecule is Cn1ccnc(CN2CCC(N(c3ccncn3)C3CC3)CC2)c1=O. The highest BCUT2D eigenvalue weighted by atomic mass is 16.1. The van der Waals surface area contributed by atoms with Crippen molar-refractivity contribution in [2.24, 2.45) is 7.05 Å². The highest BCUT2D eigenvalue weighted by Crippen LogP contribution is 2.35. The number of nitrogens with zero attached hydrogens (tertiary/aromatic N) is 6. The molecule has 0 N–H and O–H groups in total. The van der Waals surface area contributed by atoms with Gasteiger partial charge in [0.2, 0.25) is 0 Å². The van der Waals surface area contributed by atoms with Gasteiger partial charge in [0.1, 0.15) is 17.8 Å². The molecule has 7 nitrogen and oxygen atoms in total. The lowest BCUT2D eigenvalue weighted by Crippen LogP contribution is -2.46. The molecule has 7 heteroatoms. The van der Waals surface area contributed by atoms with Crippen LogP contribution in [-0.4, -0.2) is 49.6 Å². The molecule has 2 aromatic rings. The standard InChI is InChI=1S/C18H24N6O/c1-22-11-8-20-16(18(22)25)12-23-9-5-15(6-10-23)24(14-2-3-14)17-4-7-19-13-21-17/h4,7-8,11,13-15H,2-3,5-6,9-10,12H2,1H3. The molecule has 0 aromatic carbocycles. The number of aryl methyl sites for hydroxylation is 1. The Kier molecular flexibility index (Phi) is 4.48. The molecule has 1 aliphatic carbocycles. The maximum atomic E-state index is 12.1. The lowest BCUT2D eigenvalue weighted by molar-refractivity contribution is 0.197. The van der Waals surface area contributed by atoms with Gasteiger partial charge in [0.15, 0.2) is 0 Å². The third-order valence-electron chi connectivity index (χ3n) is 5.18. The fourth-order valence-electron chi connectivity index (χ4n) is 3.69. The smallest absolute Gasteiger partial charge is 0.273 e. The molecule has 4 rings (SSSR count). The van der Waals surface area contributed by atoms with Gasteiger partial charge in [-0.25, -0.2) is 9.97 Å². The van der Waals surface area contributed by atoms with Gasteiger partial charge in [-0.3, -0.25) is 14.7 Å². The van der Waals surface area contributed by atoms with Crippen molar-refractivity contribution in [3.05, 3.63) is 47.0 Å². The molecule has 2 aliphatic rings. The lowest BCUT2D eigenvalue weighted by Gasteiger charge is -2.39. The molecule has 0 amide bonds. The molecule has 3 heterocycles. The second kappa shape index (κ2) is 6.92. The van der Waals surface area contributed by atoms with Crippen molar-refractivity contribution < 1.29 is 0 Å². The number of rotatable bonds is 5. The van der Waals surface area contributed by atoms with Gasteiger partial charge in [-0.15, -0.1) is 0 Å². The first-order valence-corrected chi connectivity index (χ1v) is 8.99. The summed E-state index contributed by atoms with van der Waals surface area (Å²) in [5, 5.41) is 0. The van der Waals surface area contributed by atoms with E-state index in [0.29, 0.717) is 24.3 Å². The van der Waals surface area contributed by atoms with E-state index in [1.165, 1.54) is 12.8 Å². The molecule has 2 aromatic heterocycles. The summed E-state index contributed by atoms with van der Waals surface area (Å²) in [5.74, 6) is 1.05. The number of likely N-dealkylation sites (tertiary alicyclic amines) is 1. The molecule has 0 atom stereocenters. The van der Waals surface area contributed by atoms with Crippen LogP contribution < -0.4 is 10.5 Å². The zero-order valence-electron chi connectivity index (χ0n) is 14.6. The summed E-state index contributed by atoms with van der Waals surface area (Å²) in [6, 6.07) is 3.17. The van der Waals surface area contributed by atoms with Crippen LogP contribution in [-0.2, 0) is 13.6 Å². The van der Waals surface area contributed by atoms with Gasteiger partial charge in [-0.1, -0.05) is 0 Å². The van der Waals surface area contributed by atoms with E-state index in [9.17, 15) is 4.79 Å². The van der Waals surface area contributed by atoms with Crippen LogP contribution in [0.15, 0.2) is 35.8 Å². The Hall–Kier alpha value is -2.28. The minimum atomic E-state index is 0.00483. The Bertz CT molecular complexity index is 765. The second-order valence-electron chi connectivity index (χ2n) is 7.00. The van der Waals surface area contributed by atoms with E-state index in [1.54, 1.807) is 30.3 Å². The van der Waals surface area contributed by atoms with E-state index in [1.807, 2.05) is 12.3 Å². The van der Waals surface area contributed by atoms with Gasteiger partial charge in [-0.2, -0.15) is 0 Å². The average molecular weight is 340 g/mol. The Labute approximate surface area is 147 Å². The summed E-state index contributed by atoms with van der Waals surface area (Å²) in [6.45, 7) is 2.61. The molecule has 2 fully saturated rings. The minimum Gasteiger partial charge on any atom is -0.350 e. The average Bonchev–Trinajstić information content (AvgIpc) is 3.47. The minimum absolute atomic E-state index is 0.00483. The van der Waals surface area contributed by atoms with Crippen molar-refractivity contribution in [3.63, 3.8) is 0 Å². The summed E-state index contributed by atoms with van der Waals surface area (Å²) >= 11 is 0. The number of hydrogen-bond acceptors (Lipinski definition) is 6. The summed E-state index contributed by atoms with van der Waals surface area (Å²) in [6.07, 6.45) is 11.6. The van der Waals surface area contributed by atoms with E-state index in [0.717, 1.165) is 31.7 Å². The van der Waals surface area contributed by atoms with Crippen LogP contribution in [0.1, 0.15) is 31.4 Å². The van der Waals surface area contributed by atoms with Crippen LogP contribution in [0.2, 0.25) is 0 Å². The molecule has 0 radical (unpaired) electrons. The summed E-state index contributed by atoms with van der Waals surface area (Å²) in [7, 11) is 1.77. The van der Waals surface area contributed by atoms with Gasteiger partial charge in [0, 0.05) is 57.4 Å². The molecule has 25 heavy (non-hydrogen) atoms. The molecule has 0 unspecified atom stereocenters. The Morgan fingerprint density at radius 2 is 1.88 bits per heavy atom. The predicted molar refractivity (Wildman–Crippen MR) is 95.3 cm³/mol. The summed E-state index contributed by atoms with van der Waals surface area (Å²) in [5.41, 5.74) is 0.642. The molecule has 1 saturated heterocycles. The Morgan fingerprint density at radius 1 is 1.12 bits per heavy atom. The van der Waals surface area contributed by atoms with E-state index >= 15 is 0 Å². The number of aromatic nitrogens is 4. The van der Waals surface area contributed by atoms with Crippen LogP contribution in [0, 0.1) is 0 Å². The molecule has 132 valence electrons. The number of anilines is 1. The second-order valence-corrected chi connectivity index (χ2v) is 7.00. The van der Waals surface area contributed by atoms with Crippen LogP contribution >= 0.6 is 0 Å². The lowest BCUT2D eigenvalue weighted by atomic mass is 10.0. The molecular formula is C18H24N6O. The summed E-state index contributed by atoms with van der Waals surface area (Å²) in [4.78, 5) is 29.8. The Morgan fingerprint density at radius 3 is 2.56 bits per heavy atom. The highest BCUT2D eigenvalue weighted by molar-refractivity contribution is 5.41. The summed E-state index contributed by atoms with van der Waals surface area (Å²) < 4.78 is 1.60. The third kappa shape index (κ3) is 3.56. The van der Waals surface area contributed by atoms with Gasteiger partial charge < -0.3 is 9.47 Å².